The largest absolute Gasteiger partial charge is 0.379 e. The average Bonchev–Trinajstić information content (AvgIpc) is 2.59. The molecule has 0 saturated carbocycles. The van der Waals surface area contributed by atoms with Crippen LogP contribution in [0.4, 0.5) is 5.69 Å². The van der Waals surface area contributed by atoms with Crippen molar-refractivity contribution in [1.29, 1.82) is 0 Å². The van der Waals surface area contributed by atoms with Gasteiger partial charge in [0.1, 0.15) is 5.52 Å². The molecule has 0 atom stereocenters. The molecular weight excluding hydrogens is 280 g/mol. The second kappa shape index (κ2) is 6.19. The first kappa shape index (κ1) is 14.0. The third-order valence-electron chi connectivity index (χ3n) is 3.30. The Morgan fingerprint density at radius 3 is 2.59 bits per heavy atom. The van der Waals surface area contributed by atoms with Crippen LogP contribution in [0.3, 0.4) is 0 Å². The number of nitrogens with zero attached hydrogens (tertiary/aromatic N) is 2. The molecule has 110 valence electrons. The topological polar surface area (TPSA) is 87.1 Å². The molecule has 0 fully saturated rings. The number of rotatable bonds is 4. The van der Waals surface area contributed by atoms with Gasteiger partial charge in [0.15, 0.2) is 0 Å². The fraction of sp³-hybridized carbons (Fsp3) is 0.0625. The van der Waals surface area contributed by atoms with Gasteiger partial charge < -0.3 is 5.32 Å². The van der Waals surface area contributed by atoms with Gasteiger partial charge >= 0.3 is 0 Å². The lowest BCUT2D eigenvalue weighted by Crippen LogP contribution is -2.18. The van der Waals surface area contributed by atoms with Gasteiger partial charge in [-0.1, -0.05) is 18.2 Å². The van der Waals surface area contributed by atoms with Crippen molar-refractivity contribution >= 4 is 22.6 Å². The molecule has 0 radical (unpaired) electrons. The number of hydrogen-bond acceptors (Lipinski definition) is 5. The van der Waals surface area contributed by atoms with E-state index in [1.807, 2.05) is 30.3 Å². The van der Waals surface area contributed by atoms with Crippen molar-refractivity contribution in [3.05, 3.63) is 66.0 Å². The number of benzene rings is 2. The third kappa shape index (κ3) is 2.87. The summed E-state index contributed by atoms with van der Waals surface area (Å²) >= 11 is 0. The number of carbonyl (C=O) groups is 1. The molecule has 6 nitrogen and oxygen atoms in total. The molecule has 2 aromatic carbocycles. The standard InChI is InChI=1S/C16H14N4O2/c21-16(20-22)12-6-4-11(5-7-12)10-19-14-3-1-2-13-15(14)18-9-8-17-13/h1-9,19,22H,10H2,(H,20,21). The Bertz CT molecular complexity index is 797. The molecule has 3 rings (SSSR count). The van der Waals surface area contributed by atoms with Crippen LogP contribution in [0.5, 0.6) is 0 Å². The third-order valence-corrected chi connectivity index (χ3v) is 3.30. The van der Waals surface area contributed by atoms with Crippen LogP contribution in [0.25, 0.3) is 11.0 Å². The lowest BCUT2D eigenvalue weighted by atomic mass is 10.1. The van der Waals surface area contributed by atoms with Crippen LogP contribution < -0.4 is 10.8 Å². The Morgan fingerprint density at radius 2 is 1.82 bits per heavy atom. The fourth-order valence-electron chi connectivity index (χ4n) is 2.17. The van der Waals surface area contributed by atoms with Gasteiger partial charge in [-0.25, -0.2) is 5.48 Å². The first-order chi connectivity index (χ1) is 10.8. The quantitative estimate of drug-likeness (QED) is 0.508. The summed E-state index contributed by atoms with van der Waals surface area (Å²) in [4.78, 5) is 19.9. The maximum atomic E-state index is 11.3. The van der Waals surface area contributed by atoms with Crippen LogP contribution in [0, 0.1) is 0 Å². The summed E-state index contributed by atoms with van der Waals surface area (Å²) in [7, 11) is 0. The monoisotopic (exact) mass is 294 g/mol. The van der Waals surface area contributed by atoms with Gasteiger partial charge in [0.2, 0.25) is 0 Å². The van der Waals surface area contributed by atoms with E-state index < -0.39 is 5.91 Å². The highest BCUT2D eigenvalue weighted by Crippen LogP contribution is 2.19. The minimum atomic E-state index is -0.524. The first-order valence-corrected chi connectivity index (χ1v) is 6.75. The summed E-state index contributed by atoms with van der Waals surface area (Å²) in [6.07, 6.45) is 3.33. The van der Waals surface area contributed by atoms with E-state index >= 15 is 0 Å². The number of carbonyl (C=O) groups excluding carboxylic acids is 1. The van der Waals surface area contributed by atoms with E-state index in [1.54, 1.807) is 30.0 Å². The number of para-hydroxylation sites is 1. The van der Waals surface area contributed by atoms with Crippen molar-refractivity contribution in [2.45, 2.75) is 6.54 Å². The van der Waals surface area contributed by atoms with E-state index in [0.717, 1.165) is 22.3 Å². The number of hydrogen-bond donors (Lipinski definition) is 3. The average molecular weight is 294 g/mol. The molecule has 0 aliphatic heterocycles. The molecular formula is C16H14N4O2. The number of anilines is 1. The van der Waals surface area contributed by atoms with E-state index in [9.17, 15) is 4.79 Å². The van der Waals surface area contributed by atoms with Crippen LogP contribution in [0.2, 0.25) is 0 Å². The van der Waals surface area contributed by atoms with Crippen molar-refractivity contribution in [2.75, 3.05) is 5.32 Å². The van der Waals surface area contributed by atoms with Crippen LogP contribution in [0.1, 0.15) is 15.9 Å². The molecule has 0 aliphatic carbocycles. The van der Waals surface area contributed by atoms with Gasteiger partial charge in [-0.15, -0.1) is 0 Å². The zero-order valence-electron chi connectivity index (χ0n) is 11.7. The number of hydroxylamine groups is 1. The SMILES string of the molecule is O=C(NO)c1ccc(CNc2cccc3nccnc23)cc1. The van der Waals surface area contributed by atoms with Crippen LogP contribution >= 0.6 is 0 Å². The molecule has 0 unspecified atom stereocenters. The van der Waals surface area contributed by atoms with Gasteiger partial charge in [-0.2, -0.15) is 0 Å². The van der Waals surface area contributed by atoms with Crippen molar-refractivity contribution in [3.63, 3.8) is 0 Å². The molecule has 0 bridgehead atoms. The summed E-state index contributed by atoms with van der Waals surface area (Å²) in [6.45, 7) is 0.594. The van der Waals surface area contributed by atoms with E-state index in [-0.39, 0.29) is 0 Å². The highest BCUT2D eigenvalue weighted by atomic mass is 16.5. The second-order valence-corrected chi connectivity index (χ2v) is 4.72. The fourth-order valence-corrected chi connectivity index (χ4v) is 2.17. The number of aromatic nitrogens is 2. The van der Waals surface area contributed by atoms with Gasteiger partial charge in [0.25, 0.3) is 5.91 Å². The van der Waals surface area contributed by atoms with E-state index in [0.29, 0.717) is 12.1 Å². The number of amides is 1. The van der Waals surface area contributed by atoms with Gasteiger partial charge in [0, 0.05) is 24.5 Å². The van der Waals surface area contributed by atoms with E-state index in [2.05, 4.69) is 15.3 Å². The summed E-state index contributed by atoms with van der Waals surface area (Å²) in [5.41, 5.74) is 5.59. The Balaban J connectivity index is 1.75. The second-order valence-electron chi connectivity index (χ2n) is 4.72. The predicted molar refractivity (Wildman–Crippen MR) is 82.6 cm³/mol. The molecule has 0 saturated heterocycles. The van der Waals surface area contributed by atoms with Gasteiger partial charge in [-0.3, -0.25) is 20.0 Å². The molecule has 6 heteroatoms. The normalized spacial score (nSPS) is 10.4. The maximum absolute atomic E-state index is 11.3. The molecule has 0 spiro atoms. The highest BCUT2D eigenvalue weighted by Gasteiger charge is 2.05. The summed E-state index contributed by atoms with van der Waals surface area (Å²) in [5, 5.41) is 11.9. The zero-order valence-corrected chi connectivity index (χ0v) is 11.7. The Labute approximate surface area is 126 Å². The predicted octanol–water partition coefficient (Wildman–Crippen LogP) is 2.36. The molecule has 1 heterocycles. The molecule has 3 N–H and O–H groups in total. The van der Waals surface area contributed by atoms with Crippen molar-refractivity contribution in [3.8, 4) is 0 Å². The number of fused-ring (bicyclic) bond motifs is 1. The maximum Gasteiger partial charge on any atom is 0.274 e. The van der Waals surface area contributed by atoms with Crippen molar-refractivity contribution < 1.29 is 10.0 Å². The Morgan fingerprint density at radius 1 is 1.05 bits per heavy atom. The molecule has 0 aliphatic rings. The minimum Gasteiger partial charge on any atom is -0.379 e. The van der Waals surface area contributed by atoms with E-state index in [1.165, 1.54) is 0 Å². The molecule has 1 aromatic heterocycles. The van der Waals surface area contributed by atoms with Crippen molar-refractivity contribution in [2.24, 2.45) is 0 Å². The van der Waals surface area contributed by atoms with Crippen LogP contribution in [-0.4, -0.2) is 21.1 Å². The van der Waals surface area contributed by atoms with Gasteiger partial charge in [-0.05, 0) is 29.8 Å². The van der Waals surface area contributed by atoms with Crippen LogP contribution in [-0.2, 0) is 6.54 Å². The Hall–Kier alpha value is -2.99. The molecule has 3 aromatic rings. The van der Waals surface area contributed by atoms with E-state index in [4.69, 9.17) is 5.21 Å². The lowest BCUT2D eigenvalue weighted by Gasteiger charge is -2.09. The molecule has 22 heavy (non-hydrogen) atoms. The summed E-state index contributed by atoms with van der Waals surface area (Å²) in [5.74, 6) is -0.524. The zero-order chi connectivity index (χ0) is 15.4. The lowest BCUT2D eigenvalue weighted by molar-refractivity contribution is 0.0706. The highest BCUT2D eigenvalue weighted by molar-refractivity contribution is 5.93. The molecule has 1 amide bonds. The minimum absolute atomic E-state index is 0.405. The van der Waals surface area contributed by atoms with Crippen molar-refractivity contribution in [1.82, 2.24) is 15.4 Å². The smallest absolute Gasteiger partial charge is 0.274 e. The Kier molecular flexibility index (Phi) is 3.93. The number of nitrogens with one attached hydrogen (secondary N) is 2. The van der Waals surface area contributed by atoms with Gasteiger partial charge in [0.05, 0.1) is 11.2 Å². The first-order valence-electron chi connectivity index (χ1n) is 6.75. The summed E-state index contributed by atoms with van der Waals surface area (Å²) < 4.78 is 0. The van der Waals surface area contributed by atoms with Crippen LogP contribution in [0.15, 0.2) is 54.9 Å². The summed E-state index contributed by atoms with van der Waals surface area (Å²) in [6, 6.07) is 12.8.